The Labute approximate surface area is 116 Å². The summed E-state index contributed by atoms with van der Waals surface area (Å²) in [6.07, 6.45) is -0.634. The Morgan fingerprint density at radius 1 is 1.55 bits per heavy atom. The molecule has 1 aromatic carbocycles. The van der Waals surface area contributed by atoms with Gasteiger partial charge in [0.15, 0.2) is 5.84 Å². The van der Waals surface area contributed by atoms with Crippen molar-refractivity contribution in [3.63, 3.8) is 0 Å². The predicted molar refractivity (Wildman–Crippen MR) is 71.9 cm³/mol. The first kappa shape index (κ1) is 14.1. The number of amidine groups is 1. The van der Waals surface area contributed by atoms with E-state index in [1.54, 1.807) is 12.1 Å². The van der Waals surface area contributed by atoms with Crippen LogP contribution in [0.15, 0.2) is 23.4 Å². The van der Waals surface area contributed by atoms with Crippen LogP contribution in [0.3, 0.4) is 0 Å². The zero-order valence-electron chi connectivity index (χ0n) is 11.1. The van der Waals surface area contributed by atoms with Crippen LogP contribution in [-0.2, 0) is 4.74 Å². The molecule has 1 aromatic rings. The quantitative estimate of drug-likeness (QED) is 0.312. The van der Waals surface area contributed by atoms with E-state index in [9.17, 15) is 9.90 Å². The van der Waals surface area contributed by atoms with Crippen molar-refractivity contribution in [2.24, 2.45) is 10.9 Å². The zero-order valence-corrected chi connectivity index (χ0v) is 11.1. The van der Waals surface area contributed by atoms with E-state index in [-0.39, 0.29) is 29.6 Å². The summed E-state index contributed by atoms with van der Waals surface area (Å²) in [5.41, 5.74) is 6.59. The third-order valence-electron chi connectivity index (χ3n) is 3.18. The first-order valence-electron chi connectivity index (χ1n) is 6.21. The van der Waals surface area contributed by atoms with Crippen molar-refractivity contribution in [3.05, 3.63) is 29.3 Å². The molecule has 1 amide bonds. The molecule has 0 saturated carbocycles. The molecule has 7 nitrogen and oxygen atoms in total. The first-order chi connectivity index (χ1) is 9.52. The molecule has 1 atom stereocenters. The van der Waals surface area contributed by atoms with Gasteiger partial charge < -0.3 is 25.7 Å². The highest BCUT2D eigenvalue weighted by Gasteiger charge is 2.28. The SMILES string of the molecule is Cc1ccc(C(=O)N2CCOC(C(N)=NO)C2)c(O)c1. The van der Waals surface area contributed by atoms with Crippen molar-refractivity contribution in [1.82, 2.24) is 4.90 Å². The largest absolute Gasteiger partial charge is 0.507 e. The number of phenolic OH excluding ortho intramolecular Hbond substituents is 1. The molecule has 7 heteroatoms. The monoisotopic (exact) mass is 279 g/mol. The number of nitrogens with two attached hydrogens (primary N) is 1. The molecule has 0 aromatic heterocycles. The van der Waals surface area contributed by atoms with Crippen molar-refractivity contribution in [2.75, 3.05) is 19.7 Å². The summed E-state index contributed by atoms with van der Waals surface area (Å²) >= 11 is 0. The third kappa shape index (κ3) is 2.83. The lowest BCUT2D eigenvalue weighted by Gasteiger charge is -2.32. The maximum atomic E-state index is 12.4. The van der Waals surface area contributed by atoms with E-state index in [1.807, 2.05) is 6.92 Å². The summed E-state index contributed by atoms with van der Waals surface area (Å²) in [6, 6.07) is 4.88. The maximum absolute atomic E-state index is 12.4. The smallest absolute Gasteiger partial charge is 0.257 e. The molecule has 1 fully saturated rings. The van der Waals surface area contributed by atoms with Gasteiger partial charge in [0, 0.05) is 6.54 Å². The lowest BCUT2D eigenvalue weighted by atomic mass is 10.1. The summed E-state index contributed by atoms with van der Waals surface area (Å²) in [5, 5.41) is 21.4. The topological polar surface area (TPSA) is 108 Å². The molecular formula is C13H17N3O4. The number of nitrogens with zero attached hydrogens (tertiary/aromatic N) is 2. The average Bonchev–Trinajstić information content (AvgIpc) is 2.46. The molecule has 1 unspecified atom stereocenters. The standard InChI is InChI=1S/C13H17N3O4/c1-8-2-3-9(10(17)6-8)13(18)16-4-5-20-11(7-16)12(14)15-19/h2-3,6,11,17,19H,4-5,7H2,1H3,(H2,14,15). The van der Waals surface area contributed by atoms with Gasteiger partial charge in [-0.1, -0.05) is 11.2 Å². The van der Waals surface area contributed by atoms with Gasteiger partial charge in [-0.05, 0) is 24.6 Å². The Hall–Kier alpha value is -2.28. The van der Waals surface area contributed by atoms with Crippen LogP contribution >= 0.6 is 0 Å². The molecule has 20 heavy (non-hydrogen) atoms. The van der Waals surface area contributed by atoms with Crippen molar-refractivity contribution >= 4 is 11.7 Å². The summed E-state index contributed by atoms with van der Waals surface area (Å²) in [4.78, 5) is 13.9. The van der Waals surface area contributed by atoms with Gasteiger partial charge in [-0.3, -0.25) is 4.79 Å². The fourth-order valence-electron chi connectivity index (χ4n) is 2.07. The number of ether oxygens (including phenoxy) is 1. The van der Waals surface area contributed by atoms with E-state index in [4.69, 9.17) is 15.7 Å². The predicted octanol–water partition coefficient (Wildman–Crippen LogP) is 0.288. The zero-order chi connectivity index (χ0) is 14.7. The molecule has 1 saturated heterocycles. The lowest BCUT2D eigenvalue weighted by molar-refractivity contribution is 0.00662. The van der Waals surface area contributed by atoms with Crippen molar-refractivity contribution in [1.29, 1.82) is 0 Å². The second-order valence-corrected chi connectivity index (χ2v) is 4.66. The number of aryl methyl sites for hydroxylation is 1. The van der Waals surface area contributed by atoms with Gasteiger partial charge in [-0.15, -0.1) is 0 Å². The number of hydrogen-bond donors (Lipinski definition) is 3. The van der Waals surface area contributed by atoms with Crippen LogP contribution in [0.25, 0.3) is 0 Å². The van der Waals surface area contributed by atoms with E-state index < -0.39 is 6.10 Å². The molecule has 1 aliphatic heterocycles. The Balaban J connectivity index is 2.16. The highest BCUT2D eigenvalue weighted by molar-refractivity contribution is 5.97. The Kier molecular flexibility index (Phi) is 4.09. The number of amides is 1. The van der Waals surface area contributed by atoms with E-state index in [1.165, 1.54) is 11.0 Å². The molecule has 108 valence electrons. The molecule has 1 aliphatic rings. The molecule has 4 N–H and O–H groups in total. The van der Waals surface area contributed by atoms with E-state index in [0.29, 0.717) is 13.2 Å². The minimum absolute atomic E-state index is 0.0539. The van der Waals surface area contributed by atoms with Crippen LogP contribution in [0, 0.1) is 6.92 Å². The minimum Gasteiger partial charge on any atom is -0.507 e. The van der Waals surface area contributed by atoms with E-state index in [2.05, 4.69) is 5.16 Å². The Morgan fingerprint density at radius 3 is 2.95 bits per heavy atom. The summed E-state index contributed by atoms with van der Waals surface area (Å²) in [5.74, 6) is -0.431. The van der Waals surface area contributed by atoms with Gasteiger partial charge in [0.1, 0.15) is 11.9 Å². The minimum atomic E-state index is -0.634. The first-order valence-corrected chi connectivity index (χ1v) is 6.21. The normalized spacial score (nSPS) is 19.9. The van der Waals surface area contributed by atoms with Gasteiger partial charge in [0.05, 0.1) is 18.7 Å². The Morgan fingerprint density at radius 2 is 2.30 bits per heavy atom. The van der Waals surface area contributed by atoms with Crippen LogP contribution in [0.5, 0.6) is 5.75 Å². The van der Waals surface area contributed by atoms with Crippen LogP contribution in [0.4, 0.5) is 0 Å². The molecular weight excluding hydrogens is 262 g/mol. The number of morpholine rings is 1. The fraction of sp³-hybridized carbons (Fsp3) is 0.385. The van der Waals surface area contributed by atoms with Gasteiger partial charge >= 0.3 is 0 Å². The van der Waals surface area contributed by atoms with Gasteiger partial charge in [0.25, 0.3) is 5.91 Å². The summed E-state index contributed by atoms with van der Waals surface area (Å²) in [7, 11) is 0. The van der Waals surface area contributed by atoms with Gasteiger partial charge in [-0.2, -0.15) is 0 Å². The number of hydrogen-bond acceptors (Lipinski definition) is 5. The molecule has 0 aliphatic carbocycles. The second-order valence-electron chi connectivity index (χ2n) is 4.66. The molecule has 1 heterocycles. The lowest BCUT2D eigenvalue weighted by Crippen LogP contribution is -2.50. The highest BCUT2D eigenvalue weighted by atomic mass is 16.5. The summed E-state index contributed by atoms with van der Waals surface area (Å²) in [6.45, 7) is 2.69. The van der Waals surface area contributed by atoms with Crippen molar-refractivity contribution < 1.29 is 19.8 Å². The van der Waals surface area contributed by atoms with Crippen molar-refractivity contribution in [2.45, 2.75) is 13.0 Å². The number of aromatic hydroxyl groups is 1. The van der Waals surface area contributed by atoms with Gasteiger partial charge in [0.2, 0.25) is 0 Å². The van der Waals surface area contributed by atoms with E-state index >= 15 is 0 Å². The number of oxime groups is 1. The van der Waals surface area contributed by atoms with Crippen LogP contribution < -0.4 is 5.73 Å². The molecule has 2 rings (SSSR count). The van der Waals surface area contributed by atoms with Crippen LogP contribution in [0.1, 0.15) is 15.9 Å². The molecule has 0 bridgehead atoms. The number of benzene rings is 1. The van der Waals surface area contributed by atoms with Gasteiger partial charge in [-0.25, -0.2) is 0 Å². The Bertz CT molecular complexity index is 544. The number of rotatable bonds is 2. The number of carbonyl (C=O) groups excluding carboxylic acids is 1. The third-order valence-corrected chi connectivity index (χ3v) is 3.18. The maximum Gasteiger partial charge on any atom is 0.257 e. The van der Waals surface area contributed by atoms with Crippen LogP contribution in [0.2, 0.25) is 0 Å². The second kappa shape index (κ2) is 5.79. The summed E-state index contributed by atoms with van der Waals surface area (Å²) < 4.78 is 5.32. The fourth-order valence-corrected chi connectivity index (χ4v) is 2.07. The number of carbonyl (C=O) groups is 1. The van der Waals surface area contributed by atoms with Crippen molar-refractivity contribution in [3.8, 4) is 5.75 Å². The molecule has 0 radical (unpaired) electrons. The number of phenols is 1. The highest BCUT2D eigenvalue weighted by Crippen LogP contribution is 2.21. The van der Waals surface area contributed by atoms with Crippen LogP contribution in [-0.4, -0.2) is 52.8 Å². The average molecular weight is 279 g/mol. The molecule has 0 spiro atoms. The van der Waals surface area contributed by atoms with E-state index in [0.717, 1.165) is 5.56 Å².